The molecule has 1 saturated heterocycles. The van der Waals surface area contributed by atoms with Gasteiger partial charge in [-0.15, -0.1) is 0 Å². The van der Waals surface area contributed by atoms with E-state index in [2.05, 4.69) is 23.2 Å². The Labute approximate surface area is 103 Å². The van der Waals surface area contributed by atoms with Gasteiger partial charge in [0.05, 0.1) is 12.3 Å². The highest BCUT2D eigenvalue weighted by Crippen LogP contribution is 2.44. The molecule has 2 fully saturated rings. The van der Waals surface area contributed by atoms with E-state index in [9.17, 15) is 0 Å². The van der Waals surface area contributed by atoms with Crippen LogP contribution in [-0.4, -0.2) is 31.1 Å². The molecule has 0 radical (unpaired) electrons. The molecule has 0 amide bonds. The zero-order valence-corrected chi connectivity index (χ0v) is 10.8. The van der Waals surface area contributed by atoms with Gasteiger partial charge in [0, 0.05) is 6.04 Å². The van der Waals surface area contributed by atoms with Crippen LogP contribution in [0, 0.1) is 12.8 Å². The number of nitrogens with one attached hydrogen (secondary N) is 1. The van der Waals surface area contributed by atoms with Crippen LogP contribution in [0.3, 0.4) is 0 Å². The maximum Gasteiger partial charge on any atom is 0.124 e. The fourth-order valence-electron chi connectivity index (χ4n) is 3.23. The smallest absolute Gasteiger partial charge is 0.124 e. The van der Waals surface area contributed by atoms with Gasteiger partial charge >= 0.3 is 0 Å². The summed E-state index contributed by atoms with van der Waals surface area (Å²) >= 11 is 0. The van der Waals surface area contributed by atoms with Crippen LogP contribution in [0.1, 0.15) is 36.6 Å². The van der Waals surface area contributed by atoms with Crippen LogP contribution in [0.4, 0.5) is 0 Å². The molecular formula is C14H22N2O. The lowest BCUT2D eigenvalue weighted by molar-refractivity contribution is 0.189. The lowest BCUT2D eigenvalue weighted by atomic mass is 9.96. The summed E-state index contributed by atoms with van der Waals surface area (Å²) < 4.78 is 5.76. The van der Waals surface area contributed by atoms with Crippen molar-refractivity contribution in [3.63, 3.8) is 0 Å². The molecule has 3 heteroatoms. The predicted molar refractivity (Wildman–Crippen MR) is 67.9 cm³/mol. The van der Waals surface area contributed by atoms with Crippen molar-refractivity contribution in [3.05, 3.63) is 23.7 Å². The van der Waals surface area contributed by atoms with Crippen LogP contribution in [-0.2, 0) is 0 Å². The topological polar surface area (TPSA) is 28.4 Å². The van der Waals surface area contributed by atoms with Crippen molar-refractivity contribution in [1.29, 1.82) is 0 Å². The fraction of sp³-hybridized carbons (Fsp3) is 0.714. The summed E-state index contributed by atoms with van der Waals surface area (Å²) in [5.41, 5.74) is 1.31. The van der Waals surface area contributed by atoms with Gasteiger partial charge < -0.3 is 9.73 Å². The second kappa shape index (κ2) is 4.46. The Bertz CT molecular complexity index is 383. The third kappa shape index (κ3) is 2.02. The number of likely N-dealkylation sites (tertiary alicyclic amines) is 1. The molecule has 1 aromatic heterocycles. The van der Waals surface area contributed by atoms with Gasteiger partial charge in [-0.05, 0) is 63.9 Å². The number of rotatable bonds is 4. The SMILES string of the molecule is CNCC1CCN(C2CC2)C1c1occc1C. The van der Waals surface area contributed by atoms with Crippen LogP contribution in [0.2, 0.25) is 0 Å². The predicted octanol–water partition coefficient (Wildman–Crippen LogP) is 2.33. The van der Waals surface area contributed by atoms with Crippen molar-refractivity contribution in [2.45, 2.75) is 38.3 Å². The van der Waals surface area contributed by atoms with E-state index in [0.717, 1.165) is 12.6 Å². The minimum atomic E-state index is 0.505. The molecule has 2 atom stereocenters. The third-order valence-corrected chi connectivity index (χ3v) is 4.21. The molecule has 1 aromatic rings. The standard InChI is InChI=1S/C14H22N2O/c1-10-6-8-17-14(10)13-11(9-15-2)5-7-16(13)12-3-4-12/h6,8,11-13,15H,3-5,7,9H2,1-2H3. The van der Waals surface area contributed by atoms with E-state index in [-0.39, 0.29) is 0 Å². The number of nitrogens with zero attached hydrogens (tertiary/aromatic N) is 1. The molecule has 0 bridgehead atoms. The number of aryl methyl sites for hydroxylation is 1. The Morgan fingerprint density at radius 2 is 2.24 bits per heavy atom. The Hall–Kier alpha value is -0.800. The average Bonchev–Trinajstić information content (AvgIpc) is 2.96. The fourth-order valence-corrected chi connectivity index (χ4v) is 3.23. The molecule has 1 aliphatic carbocycles. The molecule has 3 rings (SSSR count). The lowest BCUT2D eigenvalue weighted by Crippen LogP contribution is -2.30. The van der Waals surface area contributed by atoms with Crippen LogP contribution in [0.15, 0.2) is 16.7 Å². The molecule has 2 heterocycles. The normalized spacial score (nSPS) is 30.0. The van der Waals surface area contributed by atoms with Crippen molar-refractivity contribution in [2.24, 2.45) is 5.92 Å². The zero-order valence-electron chi connectivity index (χ0n) is 10.8. The molecule has 2 unspecified atom stereocenters. The Morgan fingerprint density at radius 3 is 2.82 bits per heavy atom. The Kier molecular flexibility index (Phi) is 2.97. The van der Waals surface area contributed by atoms with Crippen molar-refractivity contribution in [3.8, 4) is 0 Å². The second-order valence-electron chi connectivity index (χ2n) is 5.49. The lowest BCUT2D eigenvalue weighted by Gasteiger charge is -2.27. The summed E-state index contributed by atoms with van der Waals surface area (Å²) in [6.07, 6.45) is 5.89. The van der Waals surface area contributed by atoms with Crippen LogP contribution < -0.4 is 5.32 Å². The van der Waals surface area contributed by atoms with Gasteiger partial charge in [0.25, 0.3) is 0 Å². The van der Waals surface area contributed by atoms with Crippen molar-refractivity contribution in [2.75, 3.05) is 20.1 Å². The Morgan fingerprint density at radius 1 is 1.41 bits per heavy atom. The largest absolute Gasteiger partial charge is 0.467 e. The molecule has 0 aromatic carbocycles. The number of hydrogen-bond donors (Lipinski definition) is 1. The monoisotopic (exact) mass is 234 g/mol. The maximum absolute atomic E-state index is 5.76. The van der Waals surface area contributed by atoms with Crippen molar-refractivity contribution >= 4 is 0 Å². The summed E-state index contributed by atoms with van der Waals surface area (Å²) in [6, 6.07) is 3.42. The first-order chi connectivity index (χ1) is 8.31. The molecule has 2 aliphatic rings. The molecule has 1 saturated carbocycles. The quantitative estimate of drug-likeness (QED) is 0.866. The van der Waals surface area contributed by atoms with E-state index in [1.165, 1.54) is 37.1 Å². The summed E-state index contributed by atoms with van der Waals surface area (Å²) in [5.74, 6) is 1.90. The van der Waals surface area contributed by atoms with Gasteiger partial charge in [0.1, 0.15) is 5.76 Å². The molecule has 3 nitrogen and oxygen atoms in total. The molecule has 94 valence electrons. The first-order valence-electron chi connectivity index (χ1n) is 6.75. The van der Waals surface area contributed by atoms with E-state index in [4.69, 9.17) is 4.42 Å². The van der Waals surface area contributed by atoms with E-state index < -0.39 is 0 Å². The molecule has 1 N–H and O–H groups in total. The second-order valence-corrected chi connectivity index (χ2v) is 5.49. The summed E-state index contributed by atoms with van der Waals surface area (Å²) in [5, 5.41) is 3.33. The molecule has 1 aliphatic heterocycles. The maximum atomic E-state index is 5.76. The van der Waals surface area contributed by atoms with E-state index in [1.807, 2.05) is 13.3 Å². The number of furan rings is 1. The van der Waals surface area contributed by atoms with Crippen LogP contribution in [0.25, 0.3) is 0 Å². The summed E-state index contributed by atoms with van der Waals surface area (Å²) in [4.78, 5) is 2.67. The minimum Gasteiger partial charge on any atom is -0.467 e. The van der Waals surface area contributed by atoms with Gasteiger partial charge in [-0.25, -0.2) is 0 Å². The van der Waals surface area contributed by atoms with Crippen molar-refractivity contribution < 1.29 is 4.42 Å². The van der Waals surface area contributed by atoms with Gasteiger partial charge in [0.2, 0.25) is 0 Å². The van der Waals surface area contributed by atoms with Gasteiger partial charge in [-0.3, -0.25) is 4.90 Å². The van der Waals surface area contributed by atoms with E-state index in [1.54, 1.807) is 0 Å². The molecule has 0 spiro atoms. The highest BCUT2D eigenvalue weighted by molar-refractivity contribution is 5.21. The van der Waals surface area contributed by atoms with Crippen LogP contribution in [0.5, 0.6) is 0 Å². The highest BCUT2D eigenvalue weighted by Gasteiger charge is 2.44. The minimum absolute atomic E-state index is 0.505. The first-order valence-corrected chi connectivity index (χ1v) is 6.75. The van der Waals surface area contributed by atoms with Gasteiger partial charge in [-0.2, -0.15) is 0 Å². The first kappa shape index (κ1) is 11.3. The summed E-state index contributed by atoms with van der Waals surface area (Å²) in [6.45, 7) is 4.49. The average molecular weight is 234 g/mol. The Balaban J connectivity index is 1.86. The highest BCUT2D eigenvalue weighted by atomic mass is 16.3. The van der Waals surface area contributed by atoms with E-state index in [0.29, 0.717) is 12.0 Å². The van der Waals surface area contributed by atoms with Gasteiger partial charge in [-0.1, -0.05) is 0 Å². The summed E-state index contributed by atoms with van der Waals surface area (Å²) in [7, 11) is 2.05. The molecular weight excluding hydrogens is 212 g/mol. The third-order valence-electron chi connectivity index (χ3n) is 4.21. The zero-order chi connectivity index (χ0) is 11.8. The van der Waals surface area contributed by atoms with Crippen LogP contribution >= 0.6 is 0 Å². The van der Waals surface area contributed by atoms with E-state index >= 15 is 0 Å². The van der Waals surface area contributed by atoms with Gasteiger partial charge in [0.15, 0.2) is 0 Å². The van der Waals surface area contributed by atoms with Crippen molar-refractivity contribution in [1.82, 2.24) is 10.2 Å². The molecule has 17 heavy (non-hydrogen) atoms. The number of hydrogen-bond acceptors (Lipinski definition) is 3.